The van der Waals surface area contributed by atoms with Crippen molar-refractivity contribution in [2.24, 2.45) is 5.92 Å². The maximum atomic E-state index is 10.2. The Labute approximate surface area is 130 Å². The molecule has 3 atom stereocenters. The molecule has 0 aliphatic heterocycles. The molecule has 3 unspecified atom stereocenters. The van der Waals surface area contributed by atoms with Gasteiger partial charge in [0, 0.05) is 39.0 Å². The van der Waals surface area contributed by atoms with Crippen molar-refractivity contribution in [3.63, 3.8) is 0 Å². The molecule has 0 radical (unpaired) electrons. The van der Waals surface area contributed by atoms with E-state index in [4.69, 9.17) is 13.3 Å². The molecule has 6 heteroatoms. The van der Waals surface area contributed by atoms with E-state index in [1.807, 2.05) is 0 Å². The maximum Gasteiger partial charge on any atom is 0.500 e. The van der Waals surface area contributed by atoms with Crippen LogP contribution in [0.2, 0.25) is 6.04 Å². The second-order valence-corrected chi connectivity index (χ2v) is 10.2. The van der Waals surface area contributed by atoms with Crippen LogP contribution in [-0.2, 0) is 13.3 Å². The van der Waals surface area contributed by atoms with Crippen LogP contribution in [0.5, 0.6) is 0 Å². The molecule has 0 spiro atoms. The summed E-state index contributed by atoms with van der Waals surface area (Å²) >= 11 is 0. The van der Waals surface area contributed by atoms with E-state index in [0.717, 1.165) is 31.7 Å². The second kappa shape index (κ2) is 8.03. The Kier molecular flexibility index (Phi) is 7.29. The largest absolute Gasteiger partial charge is 0.500 e. The molecule has 1 saturated carbocycles. The minimum atomic E-state index is -2.47. The monoisotopic (exact) mass is 319 g/mol. The van der Waals surface area contributed by atoms with Crippen molar-refractivity contribution in [3.05, 3.63) is 0 Å². The van der Waals surface area contributed by atoms with Crippen LogP contribution in [0.3, 0.4) is 0 Å². The van der Waals surface area contributed by atoms with Gasteiger partial charge in [0.2, 0.25) is 0 Å². The van der Waals surface area contributed by atoms with Crippen molar-refractivity contribution in [1.29, 1.82) is 0 Å². The van der Waals surface area contributed by atoms with Crippen molar-refractivity contribution in [1.82, 2.24) is 5.32 Å². The lowest BCUT2D eigenvalue weighted by atomic mass is 9.81. The fourth-order valence-electron chi connectivity index (χ4n) is 3.15. The highest BCUT2D eigenvalue weighted by Crippen LogP contribution is 2.31. The van der Waals surface area contributed by atoms with Crippen molar-refractivity contribution in [2.75, 3.05) is 21.3 Å². The lowest BCUT2D eigenvalue weighted by molar-refractivity contribution is 0.0550. The molecule has 1 aliphatic rings. The first-order valence-electron chi connectivity index (χ1n) is 7.86. The first-order valence-corrected chi connectivity index (χ1v) is 9.79. The highest BCUT2D eigenvalue weighted by atomic mass is 28.4. The molecule has 2 N–H and O–H groups in total. The zero-order valence-corrected chi connectivity index (χ0v) is 15.4. The smallest absolute Gasteiger partial charge is 0.392 e. The molecular weight excluding hydrogens is 286 g/mol. The summed E-state index contributed by atoms with van der Waals surface area (Å²) in [4.78, 5) is 0. The normalized spacial score (nSPS) is 27.9. The Bertz CT molecular complexity index is 296. The van der Waals surface area contributed by atoms with Crippen LogP contribution < -0.4 is 5.32 Å². The van der Waals surface area contributed by atoms with Gasteiger partial charge in [-0.15, -0.1) is 0 Å². The van der Waals surface area contributed by atoms with Crippen LogP contribution >= 0.6 is 0 Å². The second-order valence-electron chi connectivity index (χ2n) is 7.08. The summed E-state index contributed by atoms with van der Waals surface area (Å²) in [6.07, 6.45) is 3.71. The lowest BCUT2D eigenvalue weighted by Gasteiger charge is -2.38. The SMILES string of the molecule is CO[Si](CCC1CCC(O)C(NC(C)(C)C)C1)(OC)OC. The van der Waals surface area contributed by atoms with Gasteiger partial charge in [-0.05, 0) is 52.4 Å². The highest BCUT2D eigenvalue weighted by Gasteiger charge is 2.39. The van der Waals surface area contributed by atoms with Gasteiger partial charge in [-0.25, -0.2) is 0 Å². The van der Waals surface area contributed by atoms with Gasteiger partial charge in [-0.2, -0.15) is 0 Å². The molecule has 1 rings (SSSR count). The number of hydrogen-bond acceptors (Lipinski definition) is 5. The number of hydrogen-bond donors (Lipinski definition) is 2. The fourth-order valence-corrected chi connectivity index (χ4v) is 5.03. The number of nitrogens with one attached hydrogen (secondary N) is 1. The summed E-state index contributed by atoms with van der Waals surface area (Å²) in [5.41, 5.74) is 0.0254. The van der Waals surface area contributed by atoms with Crippen LogP contribution in [-0.4, -0.2) is 52.9 Å². The Morgan fingerprint density at radius 2 is 1.67 bits per heavy atom. The van der Waals surface area contributed by atoms with E-state index in [9.17, 15) is 5.11 Å². The van der Waals surface area contributed by atoms with Crippen molar-refractivity contribution < 1.29 is 18.4 Å². The van der Waals surface area contributed by atoms with Gasteiger partial charge in [0.05, 0.1) is 6.10 Å². The van der Waals surface area contributed by atoms with Gasteiger partial charge in [-0.1, -0.05) is 0 Å². The van der Waals surface area contributed by atoms with Crippen LogP contribution in [0.1, 0.15) is 46.5 Å². The quantitative estimate of drug-likeness (QED) is 0.704. The first kappa shape index (κ1) is 19.1. The Morgan fingerprint density at radius 1 is 1.10 bits per heavy atom. The van der Waals surface area contributed by atoms with E-state index in [1.54, 1.807) is 21.3 Å². The van der Waals surface area contributed by atoms with Gasteiger partial charge in [0.25, 0.3) is 0 Å². The summed E-state index contributed by atoms with van der Waals surface area (Å²) < 4.78 is 16.5. The molecule has 0 aromatic rings. The predicted octanol–water partition coefficient (Wildman–Crippen LogP) is 2.17. The van der Waals surface area contributed by atoms with E-state index in [2.05, 4.69) is 26.1 Å². The summed E-state index contributed by atoms with van der Waals surface area (Å²) in [5, 5.41) is 13.7. The van der Waals surface area contributed by atoms with Crippen molar-refractivity contribution >= 4 is 8.80 Å². The molecule has 21 heavy (non-hydrogen) atoms. The topological polar surface area (TPSA) is 60.0 Å². The van der Waals surface area contributed by atoms with Crippen LogP contribution in [0.15, 0.2) is 0 Å². The molecule has 1 fully saturated rings. The third kappa shape index (κ3) is 5.96. The molecule has 0 amide bonds. The third-order valence-electron chi connectivity index (χ3n) is 4.33. The first-order chi connectivity index (χ1) is 9.75. The van der Waals surface area contributed by atoms with E-state index in [0.29, 0.717) is 5.92 Å². The molecule has 1 aliphatic carbocycles. The number of aliphatic hydroxyl groups excluding tert-OH is 1. The summed E-state index contributed by atoms with van der Waals surface area (Å²) in [5.74, 6) is 0.584. The van der Waals surface area contributed by atoms with Crippen LogP contribution in [0.25, 0.3) is 0 Å². The molecule has 0 saturated heterocycles. The average Bonchev–Trinajstić information content (AvgIpc) is 2.43. The standard InChI is InChI=1S/C15H33NO4Si/c1-15(2,3)16-13-11-12(7-8-14(13)17)9-10-21(18-4,19-5)20-6/h12-14,16-17H,7-11H2,1-6H3. The number of aliphatic hydroxyl groups is 1. The van der Waals surface area contributed by atoms with E-state index >= 15 is 0 Å². The zero-order chi connectivity index (χ0) is 16.1. The Balaban J connectivity index is 2.53. The van der Waals surface area contributed by atoms with E-state index < -0.39 is 8.80 Å². The number of rotatable bonds is 7. The Morgan fingerprint density at radius 3 is 2.14 bits per heavy atom. The molecular formula is C15H33NO4Si. The summed E-state index contributed by atoms with van der Waals surface area (Å²) in [6.45, 7) is 6.42. The van der Waals surface area contributed by atoms with Crippen molar-refractivity contribution in [3.8, 4) is 0 Å². The maximum absolute atomic E-state index is 10.2. The van der Waals surface area contributed by atoms with Gasteiger partial charge in [0.1, 0.15) is 0 Å². The minimum Gasteiger partial charge on any atom is -0.392 e. The molecule has 0 bridgehead atoms. The van der Waals surface area contributed by atoms with E-state index in [-0.39, 0.29) is 17.7 Å². The van der Waals surface area contributed by atoms with Gasteiger partial charge in [-0.3, -0.25) is 0 Å². The summed E-state index contributed by atoms with van der Waals surface area (Å²) in [6, 6.07) is 1.01. The molecule has 0 aromatic carbocycles. The van der Waals surface area contributed by atoms with Crippen LogP contribution in [0.4, 0.5) is 0 Å². The minimum absolute atomic E-state index is 0.0254. The molecule has 126 valence electrons. The van der Waals surface area contributed by atoms with Gasteiger partial charge in [0.15, 0.2) is 0 Å². The van der Waals surface area contributed by atoms with Gasteiger partial charge >= 0.3 is 8.80 Å². The Hall–Kier alpha value is 0.0169. The molecule has 0 aromatic heterocycles. The van der Waals surface area contributed by atoms with Crippen molar-refractivity contribution in [2.45, 2.75) is 70.2 Å². The summed E-state index contributed by atoms with van der Waals surface area (Å²) in [7, 11) is 2.51. The molecule has 5 nitrogen and oxygen atoms in total. The third-order valence-corrected chi connectivity index (χ3v) is 7.10. The van der Waals surface area contributed by atoms with E-state index in [1.165, 1.54) is 0 Å². The predicted molar refractivity (Wildman–Crippen MR) is 86.2 cm³/mol. The highest BCUT2D eigenvalue weighted by molar-refractivity contribution is 6.60. The molecule has 0 heterocycles. The van der Waals surface area contributed by atoms with Gasteiger partial charge < -0.3 is 23.7 Å². The van der Waals surface area contributed by atoms with Crippen LogP contribution in [0, 0.1) is 5.92 Å². The fraction of sp³-hybridized carbons (Fsp3) is 1.00. The lowest BCUT2D eigenvalue weighted by Crippen LogP contribution is -2.52. The zero-order valence-electron chi connectivity index (χ0n) is 14.4. The average molecular weight is 320 g/mol.